The molecule has 3 heterocycles. The van der Waals surface area contributed by atoms with Gasteiger partial charge in [-0.3, -0.25) is 4.40 Å². The van der Waals surface area contributed by atoms with E-state index in [1.54, 1.807) is 0 Å². The molecule has 0 atom stereocenters. The average molecular weight is 705 g/mol. The number of benzene rings is 8. The van der Waals surface area contributed by atoms with Gasteiger partial charge in [-0.05, 0) is 103 Å². The van der Waals surface area contributed by atoms with Gasteiger partial charge in [0.1, 0.15) is 0 Å². The normalized spacial score (nSPS) is 11.7. The average Bonchev–Trinajstić information content (AvgIpc) is 3.83. The lowest BCUT2D eigenvalue weighted by Crippen LogP contribution is -1.93. The van der Waals surface area contributed by atoms with E-state index in [4.69, 9.17) is 4.98 Å². The van der Waals surface area contributed by atoms with Crippen LogP contribution < -0.4 is 0 Å². The van der Waals surface area contributed by atoms with Crippen LogP contribution in [-0.2, 0) is 0 Å². The largest absolute Gasteiger partial charge is 0.291 e. The van der Waals surface area contributed by atoms with E-state index in [1.165, 1.54) is 75.5 Å². The first-order valence-electron chi connectivity index (χ1n) is 18.4. The first-order valence-corrected chi connectivity index (χ1v) is 19.2. The van der Waals surface area contributed by atoms with Crippen molar-refractivity contribution >= 4 is 59.0 Å². The SMILES string of the molecule is c1ccc(-c2cc(-c3ccccc3)cc(-c3ccc(-c4ccc(-c5cc6c(sc7ccc8ccccc8c76)c6nc7ccccc7n56)cc4)cc3)c2)cc1. The van der Waals surface area contributed by atoms with Gasteiger partial charge in [0.2, 0.25) is 0 Å². The quantitative estimate of drug-likeness (QED) is 0.174. The van der Waals surface area contributed by atoms with Crippen LogP contribution in [0.4, 0.5) is 0 Å². The van der Waals surface area contributed by atoms with Crippen LogP contribution in [0, 0.1) is 0 Å². The van der Waals surface area contributed by atoms with E-state index >= 15 is 0 Å². The van der Waals surface area contributed by atoms with Gasteiger partial charge in [0.25, 0.3) is 0 Å². The fourth-order valence-corrected chi connectivity index (χ4v) is 9.29. The number of pyridine rings is 1. The number of thiophene rings is 1. The van der Waals surface area contributed by atoms with E-state index in [9.17, 15) is 0 Å². The highest BCUT2D eigenvalue weighted by atomic mass is 32.1. The minimum absolute atomic E-state index is 1.01. The summed E-state index contributed by atoms with van der Waals surface area (Å²) < 4.78 is 4.87. The predicted octanol–water partition coefficient (Wildman–Crippen LogP) is 14.3. The second kappa shape index (κ2) is 12.4. The predicted molar refractivity (Wildman–Crippen MR) is 230 cm³/mol. The molecule has 0 radical (unpaired) electrons. The van der Waals surface area contributed by atoms with Gasteiger partial charge in [-0.15, -0.1) is 11.3 Å². The van der Waals surface area contributed by atoms with Gasteiger partial charge in [-0.2, -0.15) is 0 Å². The summed E-state index contributed by atoms with van der Waals surface area (Å²) in [5.41, 5.74) is 15.1. The maximum absolute atomic E-state index is 5.22. The Hall–Kier alpha value is -6.81. The summed E-state index contributed by atoms with van der Waals surface area (Å²) in [5.74, 6) is 0. The molecule has 54 heavy (non-hydrogen) atoms. The van der Waals surface area contributed by atoms with Crippen LogP contribution in [0.2, 0.25) is 0 Å². The number of fused-ring (bicyclic) bond motifs is 9. The van der Waals surface area contributed by atoms with Crippen molar-refractivity contribution in [2.45, 2.75) is 0 Å². The highest BCUT2D eigenvalue weighted by molar-refractivity contribution is 7.26. The number of imidazole rings is 1. The van der Waals surface area contributed by atoms with E-state index in [0.717, 1.165) is 27.9 Å². The van der Waals surface area contributed by atoms with Gasteiger partial charge in [0.15, 0.2) is 5.65 Å². The van der Waals surface area contributed by atoms with Crippen LogP contribution >= 0.6 is 11.3 Å². The summed E-state index contributed by atoms with van der Waals surface area (Å²) in [7, 11) is 0. The van der Waals surface area contributed by atoms with E-state index in [0.29, 0.717) is 0 Å². The number of para-hydroxylation sites is 2. The fourth-order valence-electron chi connectivity index (χ4n) is 8.11. The van der Waals surface area contributed by atoms with Gasteiger partial charge < -0.3 is 0 Å². The lowest BCUT2D eigenvalue weighted by Gasteiger charge is -2.12. The number of nitrogens with zero attached hydrogens (tertiary/aromatic N) is 2. The van der Waals surface area contributed by atoms with Crippen molar-refractivity contribution in [2.75, 3.05) is 0 Å². The molecular weight excluding hydrogens is 673 g/mol. The van der Waals surface area contributed by atoms with Crippen LogP contribution in [0.15, 0.2) is 194 Å². The number of hydrogen-bond acceptors (Lipinski definition) is 2. The van der Waals surface area contributed by atoms with E-state index in [-0.39, 0.29) is 0 Å². The molecule has 0 unspecified atom stereocenters. The molecule has 2 nitrogen and oxygen atoms in total. The first kappa shape index (κ1) is 30.8. The lowest BCUT2D eigenvalue weighted by molar-refractivity contribution is 1.25. The Balaban J connectivity index is 1.00. The van der Waals surface area contributed by atoms with Crippen LogP contribution in [0.3, 0.4) is 0 Å². The summed E-state index contributed by atoms with van der Waals surface area (Å²) in [4.78, 5) is 5.22. The molecule has 3 heteroatoms. The standard InChI is InChI=1S/C51H32N2S/c1-3-11-33(12-4-1)40-29-41(34-13-5-2-6-14-34)31-42(30-40)37-21-19-35(20-22-37)36-23-25-39(26-24-36)47-32-44-49-43-16-8-7-15-38(43)27-28-48(49)54-50(44)51-52-45-17-9-10-18-46(45)53(47)51/h1-32H. The van der Waals surface area contributed by atoms with Crippen LogP contribution in [-0.4, -0.2) is 9.38 Å². The Bertz CT molecular complexity index is 3120. The van der Waals surface area contributed by atoms with Gasteiger partial charge in [-0.1, -0.05) is 152 Å². The first-order chi connectivity index (χ1) is 26.7. The van der Waals surface area contributed by atoms with Crippen LogP contribution in [0.5, 0.6) is 0 Å². The molecule has 0 fully saturated rings. The molecule has 8 aromatic carbocycles. The van der Waals surface area contributed by atoms with E-state index < -0.39 is 0 Å². The van der Waals surface area contributed by atoms with Crippen molar-refractivity contribution in [3.05, 3.63) is 194 Å². The fraction of sp³-hybridized carbons (Fsp3) is 0. The molecule has 0 aliphatic heterocycles. The van der Waals surface area contributed by atoms with Crippen molar-refractivity contribution in [3.63, 3.8) is 0 Å². The van der Waals surface area contributed by atoms with Crippen molar-refractivity contribution in [3.8, 4) is 55.8 Å². The second-order valence-electron chi connectivity index (χ2n) is 14.0. The van der Waals surface area contributed by atoms with Crippen LogP contribution in [0.1, 0.15) is 0 Å². The molecule has 0 aliphatic carbocycles. The molecule has 0 N–H and O–H groups in total. The van der Waals surface area contributed by atoms with Gasteiger partial charge >= 0.3 is 0 Å². The molecular formula is C51H32N2S. The third-order valence-electron chi connectivity index (χ3n) is 10.8. The summed E-state index contributed by atoms with van der Waals surface area (Å²) in [6, 6.07) is 70.3. The Labute approximate surface area is 316 Å². The van der Waals surface area contributed by atoms with Crippen molar-refractivity contribution < 1.29 is 0 Å². The van der Waals surface area contributed by atoms with Crippen molar-refractivity contribution in [1.29, 1.82) is 0 Å². The Kier molecular flexibility index (Phi) is 7.07. The molecule has 0 saturated heterocycles. The van der Waals surface area contributed by atoms with Gasteiger partial charge in [-0.25, -0.2) is 4.98 Å². The third kappa shape index (κ3) is 5.05. The van der Waals surface area contributed by atoms with E-state index in [2.05, 4.69) is 199 Å². The third-order valence-corrected chi connectivity index (χ3v) is 11.9. The monoisotopic (exact) mass is 704 g/mol. The molecule has 0 amide bonds. The number of aromatic nitrogens is 2. The van der Waals surface area contributed by atoms with E-state index in [1.807, 2.05) is 11.3 Å². The lowest BCUT2D eigenvalue weighted by atomic mass is 9.92. The topological polar surface area (TPSA) is 17.3 Å². The molecule has 0 aliphatic rings. The Morgan fingerprint density at radius 1 is 0.389 bits per heavy atom. The summed E-state index contributed by atoms with van der Waals surface area (Å²) >= 11 is 1.84. The molecule has 0 saturated carbocycles. The highest BCUT2D eigenvalue weighted by Crippen LogP contribution is 2.43. The van der Waals surface area contributed by atoms with Crippen molar-refractivity contribution in [2.24, 2.45) is 0 Å². The van der Waals surface area contributed by atoms with Gasteiger partial charge in [0.05, 0.1) is 21.4 Å². The maximum Gasteiger partial charge on any atom is 0.156 e. The zero-order valence-corrected chi connectivity index (χ0v) is 30.1. The summed E-state index contributed by atoms with van der Waals surface area (Å²) in [6.07, 6.45) is 0. The molecule has 0 bridgehead atoms. The van der Waals surface area contributed by atoms with Gasteiger partial charge in [0, 0.05) is 15.5 Å². The van der Waals surface area contributed by atoms with Crippen LogP contribution in [0.25, 0.3) is 103 Å². The zero-order chi connectivity index (χ0) is 35.6. The molecule has 0 spiro atoms. The Morgan fingerprint density at radius 3 is 1.56 bits per heavy atom. The van der Waals surface area contributed by atoms with Crippen molar-refractivity contribution in [1.82, 2.24) is 9.38 Å². The molecule has 11 rings (SSSR count). The summed E-state index contributed by atoms with van der Waals surface area (Å²) in [6.45, 7) is 0. The number of hydrogen-bond donors (Lipinski definition) is 0. The number of rotatable bonds is 5. The molecule has 252 valence electrons. The highest BCUT2D eigenvalue weighted by Gasteiger charge is 2.19. The molecule has 3 aromatic heterocycles. The second-order valence-corrected chi connectivity index (χ2v) is 15.0. The minimum atomic E-state index is 1.01. The maximum atomic E-state index is 5.22. The molecule has 11 aromatic rings. The minimum Gasteiger partial charge on any atom is -0.291 e. The summed E-state index contributed by atoms with van der Waals surface area (Å²) in [5, 5.41) is 5.12. The Morgan fingerprint density at radius 2 is 0.907 bits per heavy atom. The smallest absolute Gasteiger partial charge is 0.156 e. The zero-order valence-electron chi connectivity index (χ0n) is 29.3.